The van der Waals surface area contributed by atoms with Crippen LogP contribution in [0, 0.1) is 5.82 Å². The number of benzene rings is 1. The zero-order valence-corrected chi connectivity index (χ0v) is 14.7. The van der Waals surface area contributed by atoms with E-state index in [9.17, 15) is 14.1 Å². The first-order valence-electron chi connectivity index (χ1n) is 8.30. The molecular weight excluding hydrogens is 361 g/mol. The number of carbonyl (C=O) groups excluding carboxylic acids is 1. The van der Waals surface area contributed by atoms with Crippen molar-refractivity contribution < 1.29 is 18.5 Å². The first-order chi connectivity index (χ1) is 12.5. The number of nitrogens with zero attached hydrogens (tertiary/aromatic N) is 3. The van der Waals surface area contributed by atoms with Gasteiger partial charge in [0.05, 0.1) is 0 Å². The standard InChI is InChI=1S/C16H18FN5O3S/c17-14-15-10(2-3-12(19-15)18-4-7-21-5-1-6-21)8-11(23)16(14)22-9-13(24)20-26(22)25/h2-3,8,23H,1,4-7,9H2,(H,18,19)(H,20,24). The molecule has 0 saturated carbocycles. The molecule has 1 amide bonds. The van der Waals surface area contributed by atoms with Gasteiger partial charge in [-0.15, -0.1) is 0 Å². The highest BCUT2D eigenvalue weighted by Crippen LogP contribution is 2.37. The van der Waals surface area contributed by atoms with Crippen LogP contribution in [0.15, 0.2) is 18.2 Å². The Balaban J connectivity index is 1.63. The van der Waals surface area contributed by atoms with Crippen molar-refractivity contribution in [1.29, 1.82) is 0 Å². The van der Waals surface area contributed by atoms with Gasteiger partial charge in [0.25, 0.3) is 5.91 Å². The third-order valence-electron chi connectivity index (χ3n) is 4.50. The molecule has 1 aromatic heterocycles. The highest BCUT2D eigenvalue weighted by molar-refractivity contribution is 7.85. The molecule has 1 atom stereocenters. The zero-order valence-electron chi connectivity index (χ0n) is 13.9. The second-order valence-electron chi connectivity index (χ2n) is 6.26. The average Bonchev–Trinajstić information content (AvgIpc) is 2.88. The van der Waals surface area contributed by atoms with E-state index in [2.05, 4.69) is 19.9 Å². The van der Waals surface area contributed by atoms with Crippen LogP contribution in [0.2, 0.25) is 0 Å². The molecule has 2 aliphatic rings. The smallest absolute Gasteiger partial charge is 0.253 e. The van der Waals surface area contributed by atoms with Gasteiger partial charge in [-0.1, -0.05) is 0 Å². The largest absolute Gasteiger partial charge is 0.506 e. The van der Waals surface area contributed by atoms with E-state index in [0.29, 0.717) is 17.7 Å². The topological polar surface area (TPSA) is 97.8 Å². The van der Waals surface area contributed by atoms with E-state index < -0.39 is 22.9 Å². The number of anilines is 2. The Morgan fingerprint density at radius 3 is 2.85 bits per heavy atom. The Kier molecular flexibility index (Phi) is 4.37. The van der Waals surface area contributed by atoms with E-state index in [-0.39, 0.29) is 23.5 Å². The summed E-state index contributed by atoms with van der Waals surface area (Å²) < 4.78 is 30.1. The van der Waals surface area contributed by atoms with Crippen LogP contribution in [0.1, 0.15) is 6.42 Å². The maximum atomic E-state index is 15.0. The van der Waals surface area contributed by atoms with E-state index in [0.717, 1.165) is 23.9 Å². The third kappa shape index (κ3) is 3.06. The van der Waals surface area contributed by atoms with Crippen LogP contribution < -0.4 is 14.3 Å². The van der Waals surface area contributed by atoms with Crippen molar-refractivity contribution in [1.82, 2.24) is 14.6 Å². The monoisotopic (exact) mass is 379 g/mol. The normalized spacial score (nSPS) is 20.3. The zero-order chi connectivity index (χ0) is 18.3. The molecule has 26 heavy (non-hydrogen) atoms. The number of amides is 1. The van der Waals surface area contributed by atoms with Crippen LogP contribution in [0.4, 0.5) is 15.9 Å². The molecule has 4 rings (SSSR count). The van der Waals surface area contributed by atoms with Crippen molar-refractivity contribution in [3.05, 3.63) is 24.0 Å². The molecule has 8 nitrogen and oxygen atoms in total. The Labute approximate surface area is 151 Å². The maximum absolute atomic E-state index is 15.0. The predicted molar refractivity (Wildman–Crippen MR) is 96.5 cm³/mol. The third-order valence-corrected chi connectivity index (χ3v) is 5.61. The number of carbonyl (C=O) groups is 1. The van der Waals surface area contributed by atoms with E-state index >= 15 is 4.39 Å². The van der Waals surface area contributed by atoms with Crippen LogP contribution in [-0.2, 0) is 16.0 Å². The van der Waals surface area contributed by atoms with E-state index in [1.165, 1.54) is 12.5 Å². The van der Waals surface area contributed by atoms with Crippen molar-refractivity contribution in [2.45, 2.75) is 6.42 Å². The number of rotatable bonds is 5. The summed E-state index contributed by atoms with van der Waals surface area (Å²) in [5.74, 6) is -1.18. The van der Waals surface area contributed by atoms with Crippen LogP contribution in [-0.4, -0.2) is 57.8 Å². The fraction of sp³-hybridized carbons (Fsp3) is 0.375. The number of aromatic nitrogens is 1. The Hall–Kier alpha value is -2.46. The molecule has 2 saturated heterocycles. The van der Waals surface area contributed by atoms with Gasteiger partial charge in [0.2, 0.25) is 11.2 Å². The van der Waals surface area contributed by atoms with Crippen LogP contribution >= 0.6 is 0 Å². The van der Waals surface area contributed by atoms with Gasteiger partial charge >= 0.3 is 0 Å². The molecule has 2 aromatic rings. The number of likely N-dealkylation sites (tertiary alicyclic amines) is 1. The quantitative estimate of drug-likeness (QED) is 0.708. The summed E-state index contributed by atoms with van der Waals surface area (Å²) in [5, 5.41) is 13.7. The van der Waals surface area contributed by atoms with Crippen molar-refractivity contribution in [3.63, 3.8) is 0 Å². The highest BCUT2D eigenvalue weighted by Gasteiger charge is 2.32. The second kappa shape index (κ2) is 6.69. The molecular formula is C16H18FN5O3S. The predicted octanol–water partition coefficient (Wildman–Crippen LogP) is 0.712. The molecule has 0 spiro atoms. The summed E-state index contributed by atoms with van der Waals surface area (Å²) in [7, 11) is 0. The highest BCUT2D eigenvalue weighted by atomic mass is 32.2. The summed E-state index contributed by atoms with van der Waals surface area (Å²) in [6, 6.07) is 4.73. The van der Waals surface area contributed by atoms with E-state index in [1.807, 2.05) is 0 Å². The number of pyridine rings is 1. The molecule has 138 valence electrons. The molecule has 1 unspecified atom stereocenters. The summed E-state index contributed by atoms with van der Waals surface area (Å²) in [4.78, 5) is 18.0. The summed E-state index contributed by atoms with van der Waals surface area (Å²) >= 11 is -1.93. The first kappa shape index (κ1) is 17.0. The summed E-state index contributed by atoms with van der Waals surface area (Å²) in [6.45, 7) is 3.49. The molecule has 3 heterocycles. The molecule has 2 fully saturated rings. The molecule has 0 aliphatic carbocycles. The number of fused-ring (bicyclic) bond motifs is 1. The lowest BCUT2D eigenvalue weighted by Gasteiger charge is -2.30. The molecule has 3 N–H and O–H groups in total. The number of phenolic OH excluding ortho intramolecular Hbond substituents is 1. The number of nitrogens with one attached hydrogen (secondary N) is 2. The van der Waals surface area contributed by atoms with Crippen molar-refractivity contribution in [3.8, 4) is 5.75 Å². The molecule has 0 bridgehead atoms. The summed E-state index contributed by atoms with van der Waals surface area (Å²) in [5.41, 5.74) is -0.248. The fourth-order valence-corrected chi connectivity index (χ4v) is 3.96. The lowest BCUT2D eigenvalue weighted by Crippen LogP contribution is -2.40. The number of halogens is 1. The van der Waals surface area contributed by atoms with Crippen molar-refractivity contribution in [2.24, 2.45) is 0 Å². The van der Waals surface area contributed by atoms with Gasteiger partial charge < -0.3 is 15.3 Å². The Bertz CT molecular complexity index is 905. The van der Waals surface area contributed by atoms with Gasteiger partial charge in [-0.25, -0.2) is 13.6 Å². The number of hydrogen-bond acceptors (Lipinski definition) is 6. The van der Waals surface area contributed by atoms with Gasteiger partial charge in [0.1, 0.15) is 29.3 Å². The minimum atomic E-state index is -1.93. The van der Waals surface area contributed by atoms with Crippen LogP contribution in [0.5, 0.6) is 5.75 Å². The number of hydrogen-bond donors (Lipinski definition) is 3. The van der Waals surface area contributed by atoms with Gasteiger partial charge in [0.15, 0.2) is 5.82 Å². The fourth-order valence-electron chi connectivity index (χ4n) is 3.02. The molecule has 0 radical (unpaired) electrons. The van der Waals surface area contributed by atoms with Crippen molar-refractivity contribution >= 4 is 39.5 Å². The molecule has 10 heteroatoms. The van der Waals surface area contributed by atoms with E-state index in [4.69, 9.17) is 0 Å². The second-order valence-corrected chi connectivity index (χ2v) is 7.40. The Morgan fingerprint density at radius 1 is 1.38 bits per heavy atom. The Morgan fingerprint density at radius 2 is 2.19 bits per heavy atom. The lowest BCUT2D eigenvalue weighted by atomic mass is 10.1. The van der Waals surface area contributed by atoms with E-state index in [1.54, 1.807) is 12.1 Å². The number of phenols is 1. The SMILES string of the molecule is O=C1CN(c2c(O)cc3ccc(NCCN4CCC4)nc3c2F)S(=O)N1. The molecule has 1 aromatic carbocycles. The van der Waals surface area contributed by atoms with Crippen LogP contribution in [0.25, 0.3) is 10.9 Å². The van der Waals surface area contributed by atoms with Gasteiger partial charge in [-0.2, -0.15) is 0 Å². The minimum Gasteiger partial charge on any atom is -0.506 e. The average molecular weight is 379 g/mol. The lowest BCUT2D eigenvalue weighted by molar-refractivity contribution is -0.117. The minimum absolute atomic E-state index is 0.0445. The molecule has 2 aliphatic heterocycles. The number of aromatic hydroxyl groups is 1. The van der Waals surface area contributed by atoms with Gasteiger partial charge in [-0.05, 0) is 37.7 Å². The first-order valence-corrected chi connectivity index (χ1v) is 9.41. The van der Waals surface area contributed by atoms with Gasteiger partial charge in [-0.3, -0.25) is 13.8 Å². The van der Waals surface area contributed by atoms with Crippen LogP contribution in [0.3, 0.4) is 0 Å². The summed E-state index contributed by atoms with van der Waals surface area (Å²) in [6.07, 6.45) is 1.22. The maximum Gasteiger partial charge on any atom is 0.253 e. The van der Waals surface area contributed by atoms with Crippen molar-refractivity contribution in [2.75, 3.05) is 42.3 Å². The van der Waals surface area contributed by atoms with Gasteiger partial charge in [0, 0.05) is 18.5 Å².